The quantitative estimate of drug-likeness (QED) is 0.353. The molecular weight excluding hydrogens is 470 g/mol. The first-order valence-corrected chi connectivity index (χ1v) is 10.2. The number of alkyl halides is 3. The van der Waals surface area contributed by atoms with E-state index in [1.807, 2.05) is 6.07 Å². The Kier molecular flexibility index (Phi) is 6.68. The molecule has 0 atom stereocenters. The molecule has 1 aromatic carbocycles. The highest BCUT2D eigenvalue weighted by Crippen LogP contribution is 2.28. The van der Waals surface area contributed by atoms with Crippen LogP contribution in [0.2, 0.25) is 0 Å². The van der Waals surface area contributed by atoms with E-state index in [1.54, 1.807) is 48.4 Å². The Morgan fingerprint density at radius 1 is 1.06 bits per heavy atom. The van der Waals surface area contributed by atoms with Crippen LogP contribution in [-0.2, 0) is 26.2 Å². The fourth-order valence-corrected chi connectivity index (χ4v) is 3.02. The second kappa shape index (κ2) is 9.84. The number of ether oxygens (including phenoxy) is 2. The molecule has 0 fully saturated rings. The largest absolute Gasteiger partial charge is 0.475 e. The zero-order chi connectivity index (χ0) is 25.0. The van der Waals surface area contributed by atoms with Crippen molar-refractivity contribution in [3.63, 3.8) is 0 Å². The molecular formula is C23H17F4N5O3. The second-order valence-electron chi connectivity index (χ2n) is 7.40. The third-order valence-electron chi connectivity index (χ3n) is 4.72. The number of benzene rings is 1. The molecule has 8 nitrogen and oxygen atoms in total. The van der Waals surface area contributed by atoms with E-state index in [0.29, 0.717) is 18.4 Å². The summed E-state index contributed by atoms with van der Waals surface area (Å²) in [6, 6.07) is 10.7. The highest BCUT2D eigenvalue weighted by molar-refractivity contribution is 5.30. The highest BCUT2D eigenvalue weighted by atomic mass is 19.4. The summed E-state index contributed by atoms with van der Waals surface area (Å²) in [4.78, 5) is 19.4. The number of aromatic nitrogens is 5. The molecule has 4 rings (SSSR count). The number of hydrogen-bond donors (Lipinski definition) is 0. The molecule has 0 saturated heterocycles. The van der Waals surface area contributed by atoms with Crippen LogP contribution >= 0.6 is 0 Å². The monoisotopic (exact) mass is 487 g/mol. The normalized spacial score (nSPS) is 11.2. The number of hydrogen-bond acceptors (Lipinski definition) is 6. The van der Waals surface area contributed by atoms with Crippen molar-refractivity contribution >= 4 is 0 Å². The van der Waals surface area contributed by atoms with Crippen LogP contribution in [0, 0.1) is 17.9 Å². The zero-order valence-electron chi connectivity index (χ0n) is 18.2. The van der Waals surface area contributed by atoms with Crippen molar-refractivity contribution in [1.29, 1.82) is 0 Å². The van der Waals surface area contributed by atoms with E-state index in [9.17, 15) is 22.4 Å². The van der Waals surface area contributed by atoms with Gasteiger partial charge in [-0.3, -0.25) is 9.25 Å². The van der Waals surface area contributed by atoms with Gasteiger partial charge in [0.1, 0.15) is 11.3 Å². The van der Waals surface area contributed by atoms with E-state index in [4.69, 9.17) is 9.47 Å². The number of aryl methyl sites for hydroxylation is 1. The molecule has 0 aliphatic heterocycles. The number of nitrogens with zero attached hydrogens (tertiary/aromatic N) is 5. The minimum absolute atomic E-state index is 0.0549. The Morgan fingerprint density at radius 2 is 1.83 bits per heavy atom. The van der Waals surface area contributed by atoms with E-state index in [0.717, 1.165) is 21.9 Å². The lowest BCUT2D eigenvalue weighted by atomic mass is 10.1. The summed E-state index contributed by atoms with van der Waals surface area (Å²) in [5.74, 6) is -0.989. The van der Waals surface area contributed by atoms with Crippen molar-refractivity contribution in [2.24, 2.45) is 7.05 Å². The average molecular weight is 487 g/mol. The maximum atomic E-state index is 14.4. The summed E-state index contributed by atoms with van der Waals surface area (Å²) in [5, 5.41) is 4.00. The SMILES string of the molecule is Cn1cc(Cn2cc(F)c(OCCc3ccc(Oc4c#cc(C(F)(F)F)cn4)cc3)nc2=O)cn1. The average Bonchev–Trinajstić information content (AvgIpc) is 3.22. The third kappa shape index (κ3) is 6.14. The van der Waals surface area contributed by atoms with E-state index in [-0.39, 0.29) is 19.0 Å². The lowest BCUT2D eigenvalue weighted by molar-refractivity contribution is -0.137. The van der Waals surface area contributed by atoms with Gasteiger partial charge in [-0.2, -0.15) is 27.6 Å². The van der Waals surface area contributed by atoms with Gasteiger partial charge in [0, 0.05) is 25.2 Å². The molecule has 0 N–H and O–H groups in total. The molecule has 0 saturated carbocycles. The Balaban J connectivity index is 1.31. The Labute approximate surface area is 196 Å². The molecule has 0 unspecified atom stereocenters. The van der Waals surface area contributed by atoms with Gasteiger partial charge in [0.2, 0.25) is 5.82 Å². The molecule has 0 aliphatic rings. The van der Waals surface area contributed by atoms with E-state index in [2.05, 4.69) is 21.1 Å². The Bertz CT molecular complexity index is 1350. The summed E-state index contributed by atoms with van der Waals surface area (Å²) in [6.07, 6.45) is 0.748. The fraction of sp³-hybridized carbons (Fsp3) is 0.217. The van der Waals surface area contributed by atoms with Crippen molar-refractivity contribution < 1.29 is 27.0 Å². The van der Waals surface area contributed by atoms with Crippen molar-refractivity contribution in [2.75, 3.05) is 6.61 Å². The van der Waals surface area contributed by atoms with Gasteiger partial charge in [0.15, 0.2) is 0 Å². The minimum atomic E-state index is -4.56. The minimum Gasteiger partial charge on any atom is -0.475 e. The molecule has 180 valence electrons. The van der Waals surface area contributed by atoms with Crippen molar-refractivity contribution in [1.82, 2.24) is 24.3 Å². The maximum absolute atomic E-state index is 14.4. The van der Waals surface area contributed by atoms with Gasteiger partial charge in [0.05, 0.1) is 31.7 Å². The molecule has 4 aromatic rings. The molecule has 0 amide bonds. The summed E-state index contributed by atoms with van der Waals surface area (Å²) >= 11 is 0. The molecule has 0 spiro atoms. The van der Waals surface area contributed by atoms with Crippen LogP contribution in [0.5, 0.6) is 17.5 Å². The molecule has 0 radical (unpaired) electrons. The van der Waals surface area contributed by atoms with Gasteiger partial charge >= 0.3 is 11.9 Å². The standard InChI is InChI=1S/C23H17F4N5O3/c1-31-12-16(10-29-31)13-32-14-19(24)21(30-22(32)33)34-9-8-15-2-5-18(6-3-15)35-20-7-4-17(11-28-20)23(25,26)27/h2-3,5-6,10-12,14H,8-9,13H2,1H3. The van der Waals surface area contributed by atoms with Gasteiger partial charge in [-0.15, -0.1) is 0 Å². The lowest BCUT2D eigenvalue weighted by Crippen LogP contribution is -2.24. The number of rotatable bonds is 8. The van der Waals surface area contributed by atoms with E-state index >= 15 is 0 Å². The van der Waals surface area contributed by atoms with Crippen LogP contribution in [0.4, 0.5) is 17.6 Å². The van der Waals surface area contributed by atoms with Crippen molar-refractivity contribution in [3.05, 3.63) is 94.2 Å². The summed E-state index contributed by atoms with van der Waals surface area (Å²) in [7, 11) is 1.73. The van der Waals surface area contributed by atoms with Crippen LogP contribution in [-0.4, -0.2) is 30.9 Å². The van der Waals surface area contributed by atoms with Crippen molar-refractivity contribution in [2.45, 2.75) is 19.1 Å². The Hall–Kier alpha value is -4.40. The van der Waals surface area contributed by atoms with E-state index < -0.39 is 29.1 Å². The van der Waals surface area contributed by atoms with Gasteiger partial charge < -0.3 is 9.47 Å². The first-order chi connectivity index (χ1) is 16.7. The molecule has 3 heterocycles. The topological polar surface area (TPSA) is 84.1 Å². The first kappa shape index (κ1) is 23.7. The maximum Gasteiger partial charge on any atom is 0.425 e. The van der Waals surface area contributed by atoms with Crippen LogP contribution in [0.25, 0.3) is 0 Å². The molecule has 0 bridgehead atoms. The zero-order valence-corrected chi connectivity index (χ0v) is 18.2. The predicted molar refractivity (Wildman–Crippen MR) is 113 cm³/mol. The summed E-state index contributed by atoms with van der Waals surface area (Å²) in [6.45, 7) is 0.183. The second-order valence-corrected chi connectivity index (χ2v) is 7.40. The van der Waals surface area contributed by atoms with Crippen molar-refractivity contribution in [3.8, 4) is 17.5 Å². The van der Waals surface area contributed by atoms with Crippen LogP contribution < -0.4 is 15.2 Å². The molecule has 12 heteroatoms. The number of halogens is 4. The van der Waals surface area contributed by atoms with Gasteiger partial charge in [-0.25, -0.2) is 9.78 Å². The third-order valence-corrected chi connectivity index (χ3v) is 4.72. The van der Waals surface area contributed by atoms with Gasteiger partial charge in [-0.1, -0.05) is 18.2 Å². The summed E-state index contributed by atoms with van der Waals surface area (Å²) in [5.41, 5.74) is -0.171. The van der Waals surface area contributed by atoms with Crippen LogP contribution in [0.1, 0.15) is 16.7 Å². The molecule has 0 aliphatic carbocycles. The van der Waals surface area contributed by atoms with Crippen LogP contribution in [0.3, 0.4) is 0 Å². The van der Waals surface area contributed by atoms with Gasteiger partial charge in [-0.05, 0) is 23.8 Å². The van der Waals surface area contributed by atoms with Gasteiger partial charge in [0.25, 0.3) is 11.8 Å². The van der Waals surface area contributed by atoms with E-state index in [1.165, 1.54) is 0 Å². The molecule has 3 aromatic heterocycles. The highest BCUT2D eigenvalue weighted by Gasteiger charge is 2.31. The molecule has 35 heavy (non-hydrogen) atoms. The lowest BCUT2D eigenvalue weighted by Gasteiger charge is -2.09. The fourth-order valence-electron chi connectivity index (χ4n) is 3.02. The van der Waals surface area contributed by atoms with Crippen LogP contribution in [0.15, 0.2) is 53.8 Å². The first-order valence-electron chi connectivity index (χ1n) is 10.2. The summed E-state index contributed by atoms with van der Waals surface area (Å²) < 4.78 is 65.4. The smallest absolute Gasteiger partial charge is 0.425 e. The Morgan fingerprint density at radius 3 is 2.46 bits per heavy atom. The predicted octanol–water partition coefficient (Wildman–Crippen LogP) is 3.59.